The lowest BCUT2D eigenvalue weighted by Crippen LogP contribution is -2.37. The Kier molecular flexibility index (Phi) is 6.66. The molecule has 0 spiro atoms. The molecule has 2 atom stereocenters. The van der Waals surface area contributed by atoms with Gasteiger partial charge in [-0.1, -0.05) is 66.7 Å². The first-order chi connectivity index (χ1) is 13.2. The van der Waals surface area contributed by atoms with Crippen LogP contribution in [0.3, 0.4) is 0 Å². The number of amides is 1. The highest BCUT2D eigenvalue weighted by Gasteiger charge is 2.27. The first kappa shape index (κ1) is 19.2. The molecule has 1 amide bonds. The quantitative estimate of drug-likeness (QED) is 0.585. The minimum Gasteiger partial charge on any atom is -0.332 e. The number of hydrogen-bond acceptors (Lipinski definition) is 3. The largest absolute Gasteiger partial charge is 0.332 e. The van der Waals surface area contributed by atoms with Gasteiger partial charge in [0.15, 0.2) is 0 Å². The van der Waals surface area contributed by atoms with Crippen LogP contribution in [0.15, 0.2) is 85.1 Å². The molecule has 0 aliphatic heterocycles. The number of thioether (sulfide) groups is 1. The minimum absolute atomic E-state index is 0.107. The molecule has 138 valence electrons. The van der Waals surface area contributed by atoms with E-state index in [1.165, 1.54) is 5.56 Å². The molecule has 1 aromatic heterocycles. The number of benzene rings is 2. The fourth-order valence-corrected chi connectivity index (χ4v) is 3.99. The van der Waals surface area contributed by atoms with Crippen molar-refractivity contribution in [2.45, 2.75) is 24.0 Å². The Bertz CT molecular complexity index is 801. The summed E-state index contributed by atoms with van der Waals surface area (Å²) in [5, 5.41) is -0.134. The van der Waals surface area contributed by atoms with Crippen LogP contribution < -0.4 is 0 Å². The van der Waals surface area contributed by atoms with Crippen molar-refractivity contribution >= 4 is 17.7 Å². The maximum absolute atomic E-state index is 13.1. The van der Waals surface area contributed by atoms with Gasteiger partial charge in [0.1, 0.15) is 0 Å². The van der Waals surface area contributed by atoms with Crippen LogP contribution >= 0.6 is 11.8 Å². The summed E-state index contributed by atoms with van der Waals surface area (Å²) >= 11 is 1.66. The van der Waals surface area contributed by atoms with Gasteiger partial charge in [0.2, 0.25) is 5.91 Å². The lowest BCUT2D eigenvalue weighted by atomic mass is 10.0. The number of carbonyl (C=O) groups is 1. The van der Waals surface area contributed by atoms with Crippen molar-refractivity contribution in [1.29, 1.82) is 0 Å². The van der Waals surface area contributed by atoms with Crippen molar-refractivity contribution in [2.24, 2.45) is 0 Å². The second-order valence-electron chi connectivity index (χ2n) is 6.46. The average molecular weight is 377 g/mol. The highest BCUT2D eigenvalue weighted by atomic mass is 32.2. The molecular weight excluding hydrogens is 352 g/mol. The van der Waals surface area contributed by atoms with Crippen molar-refractivity contribution in [3.05, 3.63) is 102 Å². The Balaban J connectivity index is 1.77. The molecule has 0 fully saturated rings. The van der Waals surface area contributed by atoms with Crippen molar-refractivity contribution in [3.63, 3.8) is 0 Å². The molecule has 0 N–H and O–H groups in total. The SMILES string of the molecule is CC(SCc1ccccc1)C(=O)N(C)C(c1ccccc1)c1ccccn1. The van der Waals surface area contributed by atoms with Crippen LogP contribution in [0.4, 0.5) is 0 Å². The van der Waals surface area contributed by atoms with Crippen LogP contribution in [0, 0.1) is 0 Å². The van der Waals surface area contributed by atoms with Gasteiger partial charge in [0, 0.05) is 19.0 Å². The zero-order valence-electron chi connectivity index (χ0n) is 15.7. The molecule has 2 aromatic carbocycles. The summed E-state index contributed by atoms with van der Waals surface area (Å²) in [6.45, 7) is 1.98. The number of carbonyl (C=O) groups excluding carboxylic acids is 1. The number of aromatic nitrogens is 1. The third-order valence-electron chi connectivity index (χ3n) is 4.51. The zero-order valence-corrected chi connectivity index (χ0v) is 16.5. The number of hydrogen-bond donors (Lipinski definition) is 0. The van der Waals surface area contributed by atoms with Crippen molar-refractivity contribution in [3.8, 4) is 0 Å². The third-order valence-corrected chi connectivity index (χ3v) is 5.71. The van der Waals surface area contributed by atoms with Crippen LogP contribution in [0.2, 0.25) is 0 Å². The van der Waals surface area contributed by atoms with E-state index < -0.39 is 0 Å². The van der Waals surface area contributed by atoms with Gasteiger partial charge in [-0.3, -0.25) is 9.78 Å². The molecule has 0 aliphatic rings. The van der Waals surface area contributed by atoms with Crippen LogP contribution in [0.1, 0.15) is 29.8 Å². The Morgan fingerprint density at radius 2 is 1.59 bits per heavy atom. The molecule has 0 saturated carbocycles. The second kappa shape index (κ2) is 9.38. The molecule has 27 heavy (non-hydrogen) atoms. The molecule has 0 bridgehead atoms. The monoisotopic (exact) mass is 376 g/mol. The molecule has 2 unspecified atom stereocenters. The predicted octanol–water partition coefficient (Wildman–Crippen LogP) is 4.95. The standard InChI is InChI=1S/C23H24N2OS/c1-18(27-17-19-11-5-3-6-12-19)23(26)25(2)22(20-13-7-4-8-14-20)21-15-9-10-16-24-21/h3-16,18,22H,17H2,1-2H3. The topological polar surface area (TPSA) is 33.2 Å². The van der Waals surface area contributed by atoms with Crippen molar-refractivity contribution in [2.75, 3.05) is 7.05 Å². The van der Waals surface area contributed by atoms with Gasteiger partial charge in [0.25, 0.3) is 0 Å². The fraction of sp³-hybridized carbons (Fsp3) is 0.217. The molecule has 1 heterocycles. The summed E-state index contributed by atoms with van der Waals surface area (Å²) < 4.78 is 0. The normalized spacial score (nSPS) is 13.0. The number of pyridine rings is 1. The van der Waals surface area contributed by atoms with E-state index in [2.05, 4.69) is 17.1 Å². The predicted molar refractivity (Wildman–Crippen MR) is 112 cm³/mol. The number of rotatable bonds is 7. The molecule has 0 saturated heterocycles. The van der Waals surface area contributed by atoms with Gasteiger partial charge >= 0.3 is 0 Å². The van der Waals surface area contributed by atoms with Gasteiger partial charge in [-0.15, -0.1) is 11.8 Å². The summed E-state index contributed by atoms with van der Waals surface area (Å²) in [4.78, 5) is 19.5. The molecular formula is C23H24N2OS. The van der Waals surface area contributed by atoms with E-state index in [9.17, 15) is 4.79 Å². The van der Waals surface area contributed by atoms with Gasteiger partial charge in [-0.2, -0.15) is 0 Å². The molecule has 0 aliphatic carbocycles. The Labute approximate surface area is 165 Å². The number of nitrogens with zero attached hydrogens (tertiary/aromatic N) is 2. The Morgan fingerprint density at radius 3 is 2.22 bits per heavy atom. The first-order valence-corrected chi connectivity index (χ1v) is 10.1. The average Bonchev–Trinajstić information content (AvgIpc) is 2.74. The lowest BCUT2D eigenvalue weighted by Gasteiger charge is -2.30. The summed E-state index contributed by atoms with van der Waals surface area (Å²) in [5.41, 5.74) is 3.17. The first-order valence-electron chi connectivity index (χ1n) is 9.05. The fourth-order valence-electron chi connectivity index (χ4n) is 3.05. The molecule has 3 nitrogen and oxygen atoms in total. The zero-order chi connectivity index (χ0) is 19.1. The summed E-state index contributed by atoms with van der Waals surface area (Å²) in [5.74, 6) is 0.927. The summed E-state index contributed by atoms with van der Waals surface area (Å²) in [6, 6.07) is 26.0. The van der Waals surface area contributed by atoms with Gasteiger partial charge in [0.05, 0.1) is 17.0 Å². The third kappa shape index (κ3) is 4.98. The van der Waals surface area contributed by atoms with E-state index in [-0.39, 0.29) is 17.2 Å². The Hall–Kier alpha value is -2.59. The maximum Gasteiger partial charge on any atom is 0.235 e. The van der Waals surface area contributed by atoms with Gasteiger partial charge in [-0.05, 0) is 30.2 Å². The lowest BCUT2D eigenvalue weighted by molar-refractivity contribution is -0.130. The van der Waals surface area contributed by atoms with E-state index in [0.717, 1.165) is 17.0 Å². The summed E-state index contributed by atoms with van der Waals surface area (Å²) in [6.07, 6.45) is 1.77. The van der Waals surface area contributed by atoms with Crippen LogP contribution in [-0.4, -0.2) is 28.1 Å². The van der Waals surface area contributed by atoms with Gasteiger partial charge in [-0.25, -0.2) is 0 Å². The highest BCUT2D eigenvalue weighted by molar-refractivity contribution is 7.99. The van der Waals surface area contributed by atoms with E-state index in [1.807, 2.05) is 85.6 Å². The molecule has 3 aromatic rings. The maximum atomic E-state index is 13.1. The molecule has 0 radical (unpaired) electrons. The van der Waals surface area contributed by atoms with E-state index in [0.29, 0.717) is 0 Å². The van der Waals surface area contributed by atoms with Crippen LogP contribution in [-0.2, 0) is 10.5 Å². The van der Waals surface area contributed by atoms with E-state index >= 15 is 0 Å². The van der Waals surface area contributed by atoms with E-state index in [4.69, 9.17) is 0 Å². The van der Waals surface area contributed by atoms with Crippen LogP contribution in [0.5, 0.6) is 0 Å². The van der Waals surface area contributed by atoms with Gasteiger partial charge < -0.3 is 4.90 Å². The molecule has 4 heteroatoms. The minimum atomic E-state index is -0.195. The van der Waals surface area contributed by atoms with Crippen molar-refractivity contribution in [1.82, 2.24) is 9.88 Å². The smallest absolute Gasteiger partial charge is 0.235 e. The molecule has 3 rings (SSSR count). The Morgan fingerprint density at radius 1 is 0.963 bits per heavy atom. The second-order valence-corrected chi connectivity index (χ2v) is 7.78. The van der Waals surface area contributed by atoms with Crippen molar-refractivity contribution < 1.29 is 4.79 Å². The van der Waals surface area contributed by atoms with E-state index in [1.54, 1.807) is 18.0 Å². The summed E-state index contributed by atoms with van der Waals surface area (Å²) in [7, 11) is 1.87. The highest BCUT2D eigenvalue weighted by Crippen LogP contribution is 2.28. The van der Waals surface area contributed by atoms with Crippen LogP contribution in [0.25, 0.3) is 0 Å².